The van der Waals surface area contributed by atoms with Crippen LogP contribution >= 0.6 is 0 Å². The van der Waals surface area contributed by atoms with Gasteiger partial charge in [0.15, 0.2) is 0 Å². The number of fused-ring (bicyclic) bond motifs is 3. The van der Waals surface area contributed by atoms with E-state index < -0.39 is 0 Å². The highest BCUT2D eigenvalue weighted by Gasteiger charge is 2.04. The fraction of sp³-hybridized carbons (Fsp3) is 0.333. The van der Waals surface area contributed by atoms with Crippen LogP contribution < -0.4 is 0 Å². The zero-order chi connectivity index (χ0) is 17.0. The van der Waals surface area contributed by atoms with Crippen molar-refractivity contribution in [2.24, 2.45) is 7.05 Å². The van der Waals surface area contributed by atoms with Crippen LogP contribution in [-0.4, -0.2) is 4.57 Å². The average Bonchev–Trinajstić information content (AvgIpc) is 2.92. The Morgan fingerprint density at radius 1 is 0.636 bits per heavy atom. The van der Waals surface area contributed by atoms with E-state index >= 15 is 0 Å². The molecular formula is C21H31N. The number of aryl methyl sites for hydroxylation is 1. The maximum absolute atomic E-state index is 2.24. The normalized spacial score (nSPS) is 9.41. The Labute approximate surface area is 136 Å². The second-order valence-electron chi connectivity index (χ2n) is 4.26. The predicted octanol–water partition coefficient (Wildman–Crippen LogP) is 6.97. The van der Waals surface area contributed by atoms with Gasteiger partial charge in [-0.1, -0.05) is 76.2 Å². The molecule has 1 heteroatoms. The molecule has 0 aliphatic rings. The van der Waals surface area contributed by atoms with E-state index in [1.54, 1.807) is 0 Å². The third kappa shape index (κ3) is 4.77. The van der Waals surface area contributed by atoms with Crippen LogP contribution in [0.25, 0.3) is 21.8 Å². The van der Waals surface area contributed by atoms with Crippen molar-refractivity contribution < 1.29 is 0 Å². The SMILES string of the molecule is C/C=C\C.CC.CC.Cn1c2ccccc2c2ccccc21. The fourth-order valence-electron chi connectivity index (χ4n) is 2.12. The molecule has 1 aromatic heterocycles. The summed E-state index contributed by atoms with van der Waals surface area (Å²) < 4.78 is 2.24. The predicted molar refractivity (Wildman–Crippen MR) is 104 cm³/mol. The molecule has 0 radical (unpaired) electrons. The molecule has 0 aliphatic heterocycles. The van der Waals surface area contributed by atoms with Gasteiger partial charge in [0.2, 0.25) is 0 Å². The van der Waals surface area contributed by atoms with Crippen molar-refractivity contribution in [2.75, 3.05) is 0 Å². The van der Waals surface area contributed by atoms with Crippen LogP contribution in [0.2, 0.25) is 0 Å². The molecule has 0 amide bonds. The summed E-state index contributed by atoms with van der Waals surface area (Å²) in [5, 5.41) is 2.68. The van der Waals surface area contributed by atoms with Crippen molar-refractivity contribution in [1.82, 2.24) is 4.57 Å². The zero-order valence-corrected chi connectivity index (χ0v) is 15.2. The number of hydrogen-bond acceptors (Lipinski definition) is 0. The van der Waals surface area contributed by atoms with Gasteiger partial charge in [0.1, 0.15) is 0 Å². The second kappa shape index (κ2) is 11.6. The van der Waals surface area contributed by atoms with Crippen molar-refractivity contribution in [1.29, 1.82) is 0 Å². The number of allylic oxidation sites excluding steroid dienone is 2. The van der Waals surface area contributed by atoms with Crippen LogP contribution in [0.4, 0.5) is 0 Å². The Morgan fingerprint density at radius 2 is 0.955 bits per heavy atom. The molecule has 0 spiro atoms. The largest absolute Gasteiger partial charge is 0.344 e. The van der Waals surface area contributed by atoms with Crippen molar-refractivity contribution in [3.8, 4) is 0 Å². The highest BCUT2D eigenvalue weighted by atomic mass is 14.9. The molecule has 2 aromatic carbocycles. The summed E-state index contributed by atoms with van der Waals surface area (Å²) in [5.74, 6) is 0. The van der Waals surface area contributed by atoms with Crippen molar-refractivity contribution in [2.45, 2.75) is 41.5 Å². The first-order valence-electron chi connectivity index (χ1n) is 8.29. The maximum Gasteiger partial charge on any atom is 0.0488 e. The lowest BCUT2D eigenvalue weighted by Gasteiger charge is -1.95. The molecule has 0 atom stereocenters. The Bertz CT molecular complexity index is 617. The molecule has 120 valence electrons. The first kappa shape index (κ1) is 20.0. The molecule has 0 fully saturated rings. The van der Waals surface area contributed by atoms with Crippen LogP contribution in [0.15, 0.2) is 60.7 Å². The monoisotopic (exact) mass is 297 g/mol. The number of rotatable bonds is 0. The number of benzene rings is 2. The molecule has 0 unspecified atom stereocenters. The average molecular weight is 297 g/mol. The van der Waals surface area contributed by atoms with Gasteiger partial charge in [0.25, 0.3) is 0 Å². The lowest BCUT2D eigenvalue weighted by molar-refractivity contribution is 1.01. The van der Waals surface area contributed by atoms with Gasteiger partial charge in [-0.05, 0) is 26.0 Å². The van der Waals surface area contributed by atoms with Crippen molar-refractivity contribution in [3.05, 3.63) is 60.7 Å². The van der Waals surface area contributed by atoms with Gasteiger partial charge in [-0.3, -0.25) is 0 Å². The number of para-hydroxylation sites is 2. The summed E-state index contributed by atoms with van der Waals surface area (Å²) in [6.07, 6.45) is 4.00. The summed E-state index contributed by atoms with van der Waals surface area (Å²) in [7, 11) is 2.12. The van der Waals surface area contributed by atoms with E-state index in [4.69, 9.17) is 0 Å². The second-order valence-corrected chi connectivity index (χ2v) is 4.26. The standard InChI is InChI=1S/C13H11N.C4H8.2C2H6/c1-14-12-8-4-2-6-10(12)11-7-3-5-9-13(11)14;1-3-4-2;2*1-2/h2-9H,1H3;3-4H,1-2H3;2*1-2H3/b;4-3-;;. The Hall–Kier alpha value is -2.02. The Kier molecular flexibility index (Phi) is 10.6. The Balaban J connectivity index is 0.000000476. The summed E-state index contributed by atoms with van der Waals surface area (Å²) in [6, 6.07) is 17.0. The molecular weight excluding hydrogens is 266 g/mol. The van der Waals surface area contributed by atoms with Gasteiger partial charge < -0.3 is 4.57 Å². The topological polar surface area (TPSA) is 4.93 Å². The minimum Gasteiger partial charge on any atom is -0.344 e. The zero-order valence-electron chi connectivity index (χ0n) is 15.2. The minimum atomic E-state index is 1.30. The molecule has 0 aliphatic carbocycles. The van der Waals surface area contributed by atoms with Gasteiger partial charge in [-0.2, -0.15) is 0 Å². The molecule has 22 heavy (non-hydrogen) atoms. The first-order chi connectivity index (χ1) is 10.8. The number of aromatic nitrogens is 1. The van der Waals surface area contributed by atoms with E-state index in [-0.39, 0.29) is 0 Å². The third-order valence-electron chi connectivity index (χ3n) is 3.15. The highest BCUT2D eigenvalue weighted by Crippen LogP contribution is 2.26. The third-order valence-corrected chi connectivity index (χ3v) is 3.15. The molecule has 1 heterocycles. The molecule has 3 aromatic rings. The molecule has 0 N–H and O–H groups in total. The minimum absolute atomic E-state index is 1.30. The fourth-order valence-corrected chi connectivity index (χ4v) is 2.12. The molecule has 0 saturated heterocycles. The molecule has 0 saturated carbocycles. The van der Waals surface area contributed by atoms with Gasteiger partial charge in [0, 0.05) is 28.9 Å². The number of nitrogens with zero attached hydrogens (tertiary/aromatic N) is 1. The van der Waals surface area contributed by atoms with Crippen LogP contribution in [0.1, 0.15) is 41.5 Å². The van der Waals surface area contributed by atoms with E-state index in [0.29, 0.717) is 0 Å². The molecule has 1 nitrogen and oxygen atoms in total. The van der Waals surface area contributed by atoms with Crippen LogP contribution in [0, 0.1) is 0 Å². The van der Waals surface area contributed by atoms with E-state index in [0.717, 1.165) is 0 Å². The lowest BCUT2D eigenvalue weighted by atomic mass is 10.2. The molecule has 3 rings (SSSR count). The summed E-state index contributed by atoms with van der Waals surface area (Å²) in [4.78, 5) is 0. The van der Waals surface area contributed by atoms with Gasteiger partial charge in [-0.25, -0.2) is 0 Å². The summed E-state index contributed by atoms with van der Waals surface area (Å²) >= 11 is 0. The maximum atomic E-state index is 2.24. The van der Waals surface area contributed by atoms with Crippen LogP contribution in [-0.2, 0) is 7.05 Å². The van der Waals surface area contributed by atoms with Crippen molar-refractivity contribution >= 4 is 21.8 Å². The van der Waals surface area contributed by atoms with E-state index in [1.807, 2.05) is 53.7 Å². The van der Waals surface area contributed by atoms with Gasteiger partial charge >= 0.3 is 0 Å². The van der Waals surface area contributed by atoms with Crippen LogP contribution in [0.5, 0.6) is 0 Å². The van der Waals surface area contributed by atoms with E-state index in [9.17, 15) is 0 Å². The van der Waals surface area contributed by atoms with Gasteiger partial charge in [0.05, 0.1) is 0 Å². The van der Waals surface area contributed by atoms with E-state index in [2.05, 4.69) is 60.1 Å². The summed E-state index contributed by atoms with van der Waals surface area (Å²) in [6.45, 7) is 12.0. The van der Waals surface area contributed by atoms with Gasteiger partial charge in [-0.15, -0.1) is 0 Å². The first-order valence-corrected chi connectivity index (χ1v) is 8.29. The smallest absolute Gasteiger partial charge is 0.0488 e. The van der Waals surface area contributed by atoms with E-state index in [1.165, 1.54) is 21.8 Å². The van der Waals surface area contributed by atoms with Crippen LogP contribution in [0.3, 0.4) is 0 Å². The highest BCUT2D eigenvalue weighted by molar-refractivity contribution is 6.07. The Morgan fingerprint density at radius 3 is 1.27 bits per heavy atom. The lowest BCUT2D eigenvalue weighted by Crippen LogP contribution is -1.84. The van der Waals surface area contributed by atoms with Crippen molar-refractivity contribution in [3.63, 3.8) is 0 Å². The number of hydrogen-bond donors (Lipinski definition) is 0. The summed E-state index contributed by atoms with van der Waals surface area (Å²) in [5.41, 5.74) is 2.60. The quantitative estimate of drug-likeness (QED) is 0.395. The molecule has 0 bridgehead atoms.